The molecular formula is C6H11F2NO2. The van der Waals surface area contributed by atoms with Gasteiger partial charge in [-0.1, -0.05) is 6.92 Å². The fourth-order valence-electron chi connectivity index (χ4n) is 0.440. The third-order valence-corrected chi connectivity index (χ3v) is 1.18. The summed E-state index contributed by atoms with van der Waals surface area (Å²) in [6.45, 7) is 1.58. The van der Waals surface area contributed by atoms with Crippen molar-refractivity contribution in [2.45, 2.75) is 25.9 Å². The van der Waals surface area contributed by atoms with E-state index in [-0.39, 0.29) is 6.54 Å². The number of carbonyl (C=O) groups excluding carboxylic acids is 1. The average molecular weight is 167 g/mol. The standard InChI is InChI=1S/C6H11F2NO2/c1-2-4(10)3-9-6(11)5(7)8/h4-5,10H,2-3H2,1H3,(H,9,11). The molecule has 0 aromatic carbocycles. The van der Waals surface area contributed by atoms with Crippen LogP contribution < -0.4 is 5.32 Å². The summed E-state index contributed by atoms with van der Waals surface area (Å²) in [6, 6.07) is 0. The van der Waals surface area contributed by atoms with Gasteiger partial charge in [0, 0.05) is 6.54 Å². The minimum Gasteiger partial charge on any atom is -0.391 e. The third-order valence-electron chi connectivity index (χ3n) is 1.18. The zero-order valence-electron chi connectivity index (χ0n) is 6.18. The molecule has 1 amide bonds. The lowest BCUT2D eigenvalue weighted by Crippen LogP contribution is -2.35. The lowest BCUT2D eigenvalue weighted by atomic mass is 10.3. The molecule has 0 aliphatic heterocycles. The molecule has 2 N–H and O–H groups in total. The van der Waals surface area contributed by atoms with Crippen LogP contribution in [0.25, 0.3) is 0 Å². The molecule has 0 radical (unpaired) electrons. The molecule has 5 heteroatoms. The van der Waals surface area contributed by atoms with Gasteiger partial charge in [0.1, 0.15) is 0 Å². The van der Waals surface area contributed by atoms with E-state index in [0.717, 1.165) is 0 Å². The number of nitrogens with one attached hydrogen (secondary N) is 1. The molecule has 66 valence electrons. The second-order valence-electron chi connectivity index (χ2n) is 2.11. The largest absolute Gasteiger partial charge is 0.391 e. The van der Waals surface area contributed by atoms with Crippen molar-refractivity contribution in [2.75, 3.05) is 6.54 Å². The Morgan fingerprint density at radius 2 is 2.18 bits per heavy atom. The second-order valence-corrected chi connectivity index (χ2v) is 2.11. The van der Waals surface area contributed by atoms with Gasteiger partial charge in [0.25, 0.3) is 5.91 Å². The monoisotopic (exact) mass is 167 g/mol. The lowest BCUT2D eigenvalue weighted by molar-refractivity contribution is -0.132. The Balaban J connectivity index is 3.46. The van der Waals surface area contributed by atoms with E-state index in [4.69, 9.17) is 5.11 Å². The number of amides is 1. The fraction of sp³-hybridized carbons (Fsp3) is 0.833. The Bertz CT molecular complexity index is 130. The minimum absolute atomic E-state index is 0.111. The van der Waals surface area contributed by atoms with Crippen LogP contribution in [-0.2, 0) is 4.79 Å². The molecule has 3 nitrogen and oxygen atoms in total. The van der Waals surface area contributed by atoms with Crippen LogP contribution in [0.15, 0.2) is 0 Å². The molecule has 0 aliphatic carbocycles. The van der Waals surface area contributed by atoms with E-state index in [2.05, 4.69) is 0 Å². The second kappa shape index (κ2) is 5.01. The number of hydrogen-bond donors (Lipinski definition) is 2. The number of aliphatic hydroxyl groups is 1. The number of alkyl halides is 2. The summed E-state index contributed by atoms with van der Waals surface area (Å²) in [7, 11) is 0. The van der Waals surface area contributed by atoms with Crippen molar-refractivity contribution in [3.63, 3.8) is 0 Å². The number of carbonyl (C=O) groups is 1. The van der Waals surface area contributed by atoms with Crippen LogP contribution in [0.2, 0.25) is 0 Å². The Labute approximate surface area is 63.4 Å². The molecule has 0 saturated carbocycles. The van der Waals surface area contributed by atoms with E-state index < -0.39 is 18.4 Å². The van der Waals surface area contributed by atoms with Crippen molar-refractivity contribution in [3.8, 4) is 0 Å². The van der Waals surface area contributed by atoms with Crippen molar-refractivity contribution >= 4 is 5.91 Å². The summed E-state index contributed by atoms with van der Waals surface area (Å²) < 4.78 is 23.0. The molecule has 0 spiro atoms. The van der Waals surface area contributed by atoms with Gasteiger partial charge in [-0.05, 0) is 6.42 Å². The molecule has 11 heavy (non-hydrogen) atoms. The molecular weight excluding hydrogens is 156 g/mol. The molecule has 0 fully saturated rings. The predicted molar refractivity (Wildman–Crippen MR) is 35.3 cm³/mol. The highest BCUT2D eigenvalue weighted by molar-refractivity contribution is 5.79. The van der Waals surface area contributed by atoms with Crippen LogP contribution in [0.3, 0.4) is 0 Å². The molecule has 0 rings (SSSR count). The van der Waals surface area contributed by atoms with E-state index in [1.165, 1.54) is 0 Å². The summed E-state index contributed by atoms with van der Waals surface area (Å²) in [4.78, 5) is 10.2. The van der Waals surface area contributed by atoms with Gasteiger partial charge >= 0.3 is 6.43 Å². The van der Waals surface area contributed by atoms with Crippen LogP contribution >= 0.6 is 0 Å². The van der Waals surface area contributed by atoms with Crippen molar-refractivity contribution in [3.05, 3.63) is 0 Å². The Hall–Kier alpha value is -0.710. The van der Waals surface area contributed by atoms with Gasteiger partial charge in [0.05, 0.1) is 6.10 Å². The quantitative estimate of drug-likeness (QED) is 0.625. The first-order valence-corrected chi connectivity index (χ1v) is 3.31. The Morgan fingerprint density at radius 1 is 1.64 bits per heavy atom. The fourth-order valence-corrected chi connectivity index (χ4v) is 0.440. The van der Waals surface area contributed by atoms with E-state index in [0.29, 0.717) is 6.42 Å². The van der Waals surface area contributed by atoms with Gasteiger partial charge in [-0.15, -0.1) is 0 Å². The number of hydrogen-bond acceptors (Lipinski definition) is 2. The predicted octanol–water partition coefficient (Wildman–Crippen LogP) is 0.139. The van der Waals surface area contributed by atoms with Crippen molar-refractivity contribution in [1.29, 1.82) is 0 Å². The van der Waals surface area contributed by atoms with Crippen molar-refractivity contribution in [1.82, 2.24) is 5.32 Å². The normalized spacial score (nSPS) is 13.2. The molecule has 0 heterocycles. The number of rotatable bonds is 4. The SMILES string of the molecule is CCC(O)CNC(=O)C(F)F. The van der Waals surface area contributed by atoms with Gasteiger partial charge < -0.3 is 10.4 Å². The summed E-state index contributed by atoms with van der Waals surface area (Å²) in [5.74, 6) is -1.34. The summed E-state index contributed by atoms with van der Waals surface area (Å²) >= 11 is 0. The van der Waals surface area contributed by atoms with Crippen LogP contribution in [0.5, 0.6) is 0 Å². The molecule has 0 aliphatic rings. The highest BCUT2D eigenvalue weighted by Crippen LogP contribution is 1.92. The molecule has 1 atom stereocenters. The summed E-state index contributed by atoms with van der Waals surface area (Å²) in [6.07, 6.45) is -3.31. The van der Waals surface area contributed by atoms with Gasteiger partial charge in [-0.3, -0.25) is 4.79 Å². The van der Waals surface area contributed by atoms with Crippen LogP contribution in [0, 0.1) is 0 Å². The van der Waals surface area contributed by atoms with Crippen LogP contribution in [0.4, 0.5) is 8.78 Å². The van der Waals surface area contributed by atoms with Crippen LogP contribution in [0.1, 0.15) is 13.3 Å². The highest BCUT2D eigenvalue weighted by atomic mass is 19.3. The highest BCUT2D eigenvalue weighted by Gasteiger charge is 2.14. The zero-order chi connectivity index (χ0) is 8.85. The van der Waals surface area contributed by atoms with Gasteiger partial charge in [0.2, 0.25) is 0 Å². The van der Waals surface area contributed by atoms with E-state index in [1.54, 1.807) is 6.92 Å². The van der Waals surface area contributed by atoms with E-state index in [9.17, 15) is 13.6 Å². The van der Waals surface area contributed by atoms with Gasteiger partial charge in [0.15, 0.2) is 0 Å². The number of halogens is 2. The van der Waals surface area contributed by atoms with Gasteiger partial charge in [-0.25, -0.2) is 0 Å². The first-order chi connectivity index (χ1) is 5.07. The number of aliphatic hydroxyl groups excluding tert-OH is 1. The summed E-state index contributed by atoms with van der Waals surface area (Å²) in [5.41, 5.74) is 0. The molecule has 0 saturated heterocycles. The molecule has 0 aromatic heterocycles. The first kappa shape index (κ1) is 10.3. The topological polar surface area (TPSA) is 49.3 Å². The first-order valence-electron chi connectivity index (χ1n) is 3.31. The van der Waals surface area contributed by atoms with Gasteiger partial charge in [-0.2, -0.15) is 8.78 Å². The Kier molecular flexibility index (Phi) is 4.69. The maximum atomic E-state index is 11.5. The van der Waals surface area contributed by atoms with E-state index in [1.807, 2.05) is 5.32 Å². The molecule has 0 aromatic rings. The average Bonchev–Trinajstić information content (AvgIpc) is 1.99. The van der Waals surface area contributed by atoms with E-state index >= 15 is 0 Å². The molecule has 1 unspecified atom stereocenters. The van der Waals surface area contributed by atoms with Crippen molar-refractivity contribution < 1.29 is 18.7 Å². The maximum Gasteiger partial charge on any atom is 0.315 e. The molecule has 0 bridgehead atoms. The smallest absolute Gasteiger partial charge is 0.315 e. The van der Waals surface area contributed by atoms with Crippen molar-refractivity contribution in [2.24, 2.45) is 0 Å². The maximum absolute atomic E-state index is 11.5. The summed E-state index contributed by atoms with van der Waals surface area (Å²) in [5, 5.41) is 10.7. The Morgan fingerprint density at radius 3 is 2.55 bits per heavy atom. The van der Waals surface area contributed by atoms with Crippen LogP contribution in [-0.4, -0.2) is 30.1 Å². The minimum atomic E-state index is -3.00. The lowest BCUT2D eigenvalue weighted by Gasteiger charge is -2.08. The third kappa shape index (κ3) is 4.66. The zero-order valence-corrected chi connectivity index (χ0v) is 6.18.